The summed E-state index contributed by atoms with van der Waals surface area (Å²) in [5.41, 5.74) is 1.58. The summed E-state index contributed by atoms with van der Waals surface area (Å²) >= 11 is 7.01. The van der Waals surface area contributed by atoms with Crippen molar-refractivity contribution in [2.24, 2.45) is 0 Å². The normalized spacial score (nSPS) is 10.7. The van der Waals surface area contributed by atoms with E-state index in [0.717, 1.165) is 19.6 Å². The standard InChI is InChI=1S/C20H18BrIN4O2S/c1-13(27)23-11-10-19-24-25-20(26(19)17-8-4-15(21)5-9-17)29-12-18(28)14-2-6-16(22)7-3-14/h2-9H,10-12H2,1H3,(H,23,27). The molecule has 9 heteroatoms. The van der Waals surface area contributed by atoms with Crippen LogP contribution in [0.5, 0.6) is 0 Å². The maximum absolute atomic E-state index is 12.5. The van der Waals surface area contributed by atoms with Gasteiger partial charge in [-0.3, -0.25) is 14.2 Å². The third-order valence-electron chi connectivity index (χ3n) is 4.01. The fourth-order valence-electron chi connectivity index (χ4n) is 2.60. The molecule has 0 aliphatic heterocycles. The molecule has 1 N–H and O–H groups in total. The molecule has 0 saturated carbocycles. The number of rotatable bonds is 8. The lowest BCUT2D eigenvalue weighted by atomic mass is 10.2. The summed E-state index contributed by atoms with van der Waals surface area (Å²) in [6.07, 6.45) is 0.536. The van der Waals surface area contributed by atoms with Gasteiger partial charge in [-0.1, -0.05) is 39.8 Å². The first-order valence-corrected chi connectivity index (χ1v) is 11.7. The van der Waals surface area contributed by atoms with Crippen LogP contribution in [0.15, 0.2) is 58.2 Å². The molecular weight excluding hydrogens is 567 g/mol. The highest BCUT2D eigenvalue weighted by Gasteiger charge is 2.16. The minimum absolute atomic E-state index is 0.0385. The fraction of sp³-hybridized carbons (Fsp3) is 0.200. The zero-order valence-corrected chi connectivity index (χ0v) is 20.1. The first-order chi connectivity index (χ1) is 13.9. The van der Waals surface area contributed by atoms with Gasteiger partial charge in [0, 0.05) is 39.2 Å². The molecule has 0 fully saturated rings. The highest BCUT2D eigenvalue weighted by molar-refractivity contribution is 14.1. The van der Waals surface area contributed by atoms with Crippen molar-refractivity contribution in [1.82, 2.24) is 20.1 Å². The van der Waals surface area contributed by atoms with E-state index in [2.05, 4.69) is 54.0 Å². The largest absolute Gasteiger partial charge is 0.356 e. The Balaban J connectivity index is 1.80. The van der Waals surface area contributed by atoms with Crippen LogP contribution < -0.4 is 5.32 Å². The van der Waals surface area contributed by atoms with E-state index >= 15 is 0 Å². The molecule has 0 aliphatic rings. The molecule has 3 aromatic rings. The molecule has 0 aliphatic carbocycles. The van der Waals surface area contributed by atoms with E-state index in [1.807, 2.05) is 53.1 Å². The van der Waals surface area contributed by atoms with Crippen molar-refractivity contribution < 1.29 is 9.59 Å². The number of halogens is 2. The van der Waals surface area contributed by atoms with E-state index in [1.165, 1.54) is 18.7 Å². The van der Waals surface area contributed by atoms with Gasteiger partial charge in [0.2, 0.25) is 5.91 Å². The minimum Gasteiger partial charge on any atom is -0.356 e. The van der Waals surface area contributed by atoms with Crippen LogP contribution in [0.2, 0.25) is 0 Å². The Hall–Kier alpha value is -1.72. The first kappa shape index (κ1) is 22.0. The minimum atomic E-state index is -0.0857. The van der Waals surface area contributed by atoms with Gasteiger partial charge < -0.3 is 5.32 Å². The molecule has 0 radical (unpaired) electrons. The lowest BCUT2D eigenvalue weighted by Crippen LogP contribution is -2.23. The average Bonchev–Trinajstić information content (AvgIpc) is 3.10. The second-order valence-corrected chi connectivity index (χ2v) is 9.27. The van der Waals surface area contributed by atoms with Gasteiger partial charge in [0.25, 0.3) is 0 Å². The van der Waals surface area contributed by atoms with Crippen LogP contribution in [0.25, 0.3) is 5.69 Å². The van der Waals surface area contributed by atoms with Gasteiger partial charge in [-0.05, 0) is 59.0 Å². The van der Waals surface area contributed by atoms with Crippen LogP contribution in [0.1, 0.15) is 23.1 Å². The lowest BCUT2D eigenvalue weighted by molar-refractivity contribution is -0.118. The molecule has 0 bridgehead atoms. The third kappa shape index (κ3) is 6.13. The molecule has 1 amide bonds. The maximum atomic E-state index is 12.5. The molecule has 150 valence electrons. The number of hydrogen-bond acceptors (Lipinski definition) is 5. The highest BCUT2D eigenvalue weighted by atomic mass is 127. The summed E-state index contributed by atoms with van der Waals surface area (Å²) in [6.45, 7) is 1.95. The number of benzene rings is 2. The number of ketones is 1. The molecule has 2 aromatic carbocycles. The number of Topliss-reactive ketones (excluding diaryl/α,β-unsaturated/α-hetero) is 1. The number of hydrogen-bond donors (Lipinski definition) is 1. The van der Waals surface area contributed by atoms with Crippen LogP contribution in [0.3, 0.4) is 0 Å². The number of aromatic nitrogens is 3. The van der Waals surface area contributed by atoms with Crippen LogP contribution in [0.4, 0.5) is 0 Å². The fourth-order valence-corrected chi connectivity index (χ4v) is 4.09. The summed E-state index contributed by atoms with van der Waals surface area (Å²) in [5, 5.41) is 12.0. The van der Waals surface area contributed by atoms with Gasteiger partial charge in [0.1, 0.15) is 5.82 Å². The van der Waals surface area contributed by atoms with E-state index in [0.29, 0.717) is 23.7 Å². The molecule has 0 atom stereocenters. The van der Waals surface area contributed by atoms with Gasteiger partial charge >= 0.3 is 0 Å². The SMILES string of the molecule is CC(=O)NCCc1nnc(SCC(=O)c2ccc(I)cc2)n1-c1ccc(Br)cc1. The summed E-state index contributed by atoms with van der Waals surface area (Å²) in [6, 6.07) is 15.3. The summed E-state index contributed by atoms with van der Waals surface area (Å²) < 4.78 is 3.99. The smallest absolute Gasteiger partial charge is 0.216 e. The zero-order valence-electron chi connectivity index (χ0n) is 15.6. The van der Waals surface area contributed by atoms with Gasteiger partial charge in [-0.15, -0.1) is 10.2 Å². The molecule has 3 rings (SSSR count). The molecule has 6 nitrogen and oxygen atoms in total. The number of carbonyl (C=O) groups excluding carboxylic acids is 2. The van der Waals surface area contributed by atoms with Gasteiger partial charge in [0.05, 0.1) is 5.75 Å². The number of carbonyl (C=O) groups is 2. The first-order valence-electron chi connectivity index (χ1n) is 8.80. The molecule has 1 heterocycles. The van der Waals surface area contributed by atoms with Crippen molar-refractivity contribution in [3.63, 3.8) is 0 Å². The van der Waals surface area contributed by atoms with Gasteiger partial charge in [-0.25, -0.2) is 0 Å². The van der Waals surface area contributed by atoms with Crippen LogP contribution in [-0.4, -0.2) is 38.8 Å². The number of nitrogens with one attached hydrogen (secondary N) is 1. The predicted molar refractivity (Wildman–Crippen MR) is 126 cm³/mol. The lowest BCUT2D eigenvalue weighted by Gasteiger charge is -2.10. The Labute approximate surface area is 195 Å². The van der Waals surface area contributed by atoms with E-state index < -0.39 is 0 Å². The van der Waals surface area contributed by atoms with Gasteiger partial charge in [-0.2, -0.15) is 0 Å². The predicted octanol–water partition coefficient (Wildman–Crippen LogP) is 4.29. The monoisotopic (exact) mass is 584 g/mol. The molecule has 0 spiro atoms. The van der Waals surface area contributed by atoms with Crippen LogP contribution in [0, 0.1) is 3.57 Å². The van der Waals surface area contributed by atoms with Crippen molar-refractivity contribution >= 4 is 62.0 Å². The molecule has 29 heavy (non-hydrogen) atoms. The van der Waals surface area contributed by atoms with Crippen molar-refractivity contribution in [3.05, 3.63) is 68.0 Å². The van der Waals surface area contributed by atoms with Crippen molar-refractivity contribution in [3.8, 4) is 5.69 Å². The van der Waals surface area contributed by atoms with E-state index in [-0.39, 0.29) is 17.4 Å². The third-order valence-corrected chi connectivity index (χ3v) is 6.18. The number of amides is 1. The van der Waals surface area contributed by atoms with E-state index in [9.17, 15) is 9.59 Å². The maximum Gasteiger partial charge on any atom is 0.216 e. The number of nitrogens with zero attached hydrogens (tertiary/aromatic N) is 3. The topological polar surface area (TPSA) is 76.9 Å². The van der Waals surface area contributed by atoms with Gasteiger partial charge in [0.15, 0.2) is 10.9 Å². The Morgan fingerprint density at radius 3 is 2.45 bits per heavy atom. The molecular formula is C20H18BrIN4O2S. The second-order valence-electron chi connectivity index (χ2n) is 6.16. The molecule has 0 unspecified atom stereocenters. The van der Waals surface area contributed by atoms with E-state index in [4.69, 9.17) is 0 Å². The highest BCUT2D eigenvalue weighted by Crippen LogP contribution is 2.24. The summed E-state index contributed by atoms with van der Waals surface area (Å²) in [4.78, 5) is 23.7. The number of thioether (sulfide) groups is 1. The summed E-state index contributed by atoms with van der Waals surface area (Å²) in [5.74, 6) is 0.945. The van der Waals surface area contributed by atoms with Crippen molar-refractivity contribution in [1.29, 1.82) is 0 Å². The van der Waals surface area contributed by atoms with E-state index in [1.54, 1.807) is 0 Å². The Morgan fingerprint density at radius 1 is 1.10 bits per heavy atom. The Bertz CT molecular complexity index is 1010. The Kier molecular flexibility index (Phi) is 7.84. The van der Waals surface area contributed by atoms with Crippen molar-refractivity contribution in [2.45, 2.75) is 18.5 Å². The quantitative estimate of drug-likeness (QED) is 0.243. The zero-order chi connectivity index (χ0) is 20.8. The van der Waals surface area contributed by atoms with Crippen molar-refractivity contribution in [2.75, 3.05) is 12.3 Å². The van der Waals surface area contributed by atoms with Crippen LogP contribution in [-0.2, 0) is 11.2 Å². The molecule has 1 aromatic heterocycles. The summed E-state index contributed by atoms with van der Waals surface area (Å²) in [7, 11) is 0. The second kappa shape index (κ2) is 10.4. The molecule has 0 saturated heterocycles. The average molecular weight is 585 g/mol. The Morgan fingerprint density at radius 2 is 1.79 bits per heavy atom. The van der Waals surface area contributed by atoms with Crippen LogP contribution >= 0.6 is 50.3 Å².